The molecule has 0 amide bonds. The molecule has 1 aromatic rings. The molecule has 1 aromatic heterocycles. The predicted octanol–water partition coefficient (Wildman–Crippen LogP) is 1.87. The zero-order valence-electron chi connectivity index (χ0n) is 8.10. The number of hydrogen-bond donors (Lipinski definition) is 0. The molecule has 0 bridgehead atoms. The Balaban J connectivity index is 2.22. The van der Waals surface area contributed by atoms with Crippen LogP contribution in [-0.2, 0) is 6.67 Å². The van der Waals surface area contributed by atoms with Gasteiger partial charge in [-0.2, -0.15) is 0 Å². The highest BCUT2D eigenvalue weighted by molar-refractivity contribution is 7.71. The lowest BCUT2D eigenvalue weighted by atomic mass is 10.7. The van der Waals surface area contributed by atoms with E-state index in [1.165, 1.54) is 12.8 Å². The Labute approximate surface area is 83.6 Å². The van der Waals surface area contributed by atoms with Crippen LogP contribution in [-0.4, -0.2) is 28.1 Å². The highest BCUT2D eigenvalue weighted by atomic mass is 32.1. The second-order valence-electron chi connectivity index (χ2n) is 3.91. The molecular formula is C9H15N3S. The minimum absolute atomic E-state index is 0.691. The molecule has 1 fully saturated rings. The predicted molar refractivity (Wildman–Crippen MR) is 55.2 cm³/mol. The maximum Gasteiger partial charge on any atom is 0.181 e. The van der Waals surface area contributed by atoms with Crippen LogP contribution in [0.3, 0.4) is 0 Å². The van der Waals surface area contributed by atoms with Crippen molar-refractivity contribution < 1.29 is 0 Å². The first kappa shape index (κ1) is 8.97. The third kappa shape index (κ3) is 1.84. The van der Waals surface area contributed by atoms with Crippen LogP contribution in [0.4, 0.5) is 0 Å². The smallest absolute Gasteiger partial charge is 0.181 e. The fraction of sp³-hybridized carbons (Fsp3) is 0.667. The van der Waals surface area contributed by atoms with Crippen molar-refractivity contribution in [1.29, 1.82) is 0 Å². The van der Waals surface area contributed by atoms with E-state index in [0.717, 1.165) is 11.4 Å². The Morgan fingerprint density at radius 1 is 1.46 bits per heavy atom. The van der Waals surface area contributed by atoms with Gasteiger partial charge in [-0.15, -0.1) is 0 Å². The van der Waals surface area contributed by atoms with E-state index in [0.29, 0.717) is 6.04 Å². The summed E-state index contributed by atoms with van der Waals surface area (Å²) in [6.07, 6.45) is 6.75. The van der Waals surface area contributed by atoms with Gasteiger partial charge in [0.05, 0.1) is 6.67 Å². The van der Waals surface area contributed by atoms with Gasteiger partial charge in [0.2, 0.25) is 0 Å². The van der Waals surface area contributed by atoms with Gasteiger partial charge in [-0.25, -0.2) is 0 Å². The normalized spacial score (nSPS) is 16.8. The van der Waals surface area contributed by atoms with E-state index in [4.69, 9.17) is 12.2 Å². The minimum Gasteiger partial charge on any atom is -0.321 e. The molecule has 0 aliphatic heterocycles. The number of hydrogen-bond acceptors (Lipinski definition) is 2. The quantitative estimate of drug-likeness (QED) is 0.686. The number of nitrogens with zero attached hydrogens (tertiary/aromatic N) is 3. The Morgan fingerprint density at radius 2 is 2.15 bits per heavy atom. The molecule has 0 saturated heterocycles. The zero-order chi connectivity index (χ0) is 9.42. The molecule has 1 saturated carbocycles. The van der Waals surface area contributed by atoms with Gasteiger partial charge < -0.3 is 9.13 Å². The van der Waals surface area contributed by atoms with Crippen LogP contribution in [0.25, 0.3) is 0 Å². The first-order chi connectivity index (χ1) is 6.18. The average molecular weight is 197 g/mol. The van der Waals surface area contributed by atoms with Crippen molar-refractivity contribution in [1.82, 2.24) is 14.0 Å². The van der Waals surface area contributed by atoms with Crippen LogP contribution in [0.2, 0.25) is 0 Å². The largest absolute Gasteiger partial charge is 0.321 e. The first-order valence-corrected chi connectivity index (χ1v) is 5.01. The van der Waals surface area contributed by atoms with E-state index >= 15 is 0 Å². The van der Waals surface area contributed by atoms with Gasteiger partial charge in [0.15, 0.2) is 4.77 Å². The minimum atomic E-state index is 0.691. The van der Waals surface area contributed by atoms with Gasteiger partial charge in [0.1, 0.15) is 0 Å². The Kier molecular flexibility index (Phi) is 2.26. The van der Waals surface area contributed by atoms with Crippen molar-refractivity contribution in [2.45, 2.75) is 25.6 Å². The molecule has 0 spiro atoms. The number of imidazole rings is 1. The molecular weight excluding hydrogens is 182 g/mol. The van der Waals surface area contributed by atoms with Crippen LogP contribution in [0.1, 0.15) is 18.9 Å². The number of aromatic nitrogens is 2. The molecule has 1 aliphatic carbocycles. The summed E-state index contributed by atoms with van der Waals surface area (Å²) >= 11 is 5.36. The van der Waals surface area contributed by atoms with Gasteiger partial charge in [0.25, 0.3) is 0 Å². The van der Waals surface area contributed by atoms with Crippen molar-refractivity contribution >= 4 is 12.2 Å². The molecule has 0 atom stereocenters. The van der Waals surface area contributed by atoms with Crippen LogP contribution in [0, 0.1) is 4.77 Å². The lowest BCUT2D eigenvalue weighted by molar-refractivity contribution is 0.322. The molecule has 0 unspecified atom stereocenters. The average Bonchev–Trinajstić information content (AvgIpc) is 2.81. The van der Waals surface area contributed by atoms with E-state index in [-0.39, 0.29) is 0 Å². The van der Waals surface area contributed by atoms with Gasteiger partial charge in [-0.1, -0.05) is 0 Å². The standard InChI is InChI=1S/C9H15N3S/c1-10(2)7-11-5-6-12(9(11)13)8-3-4-8/h5-6,8H,3-4,7H2,1-2H3. The van der Waals surface area contributed by atoms with Gasteiger partial charge >= 0.3 is 0 Å². The second kappa shape index (κ2) is 3.27. The molecule has 1 aliphatic rings. The molecule has 2 rings (SSSR count). The lowest BCUT2D eigenvalue weighted by Gasteiger charge is -2.10. The molecule has 13 heavy (non-hydrogen) atoms. The Bertz CT molecular complexity index is 346. The lowest BCUT2D eigenvalue weighted by Crippen LogP contribution is -2.16. The van der Waals surface area contributed by atoms with Crippen LogP contribution in [0.15, 0.2) is 12.4 Å². The summed E-state index contributed by atoms with van der Waals surface area (Å²) in [6, 6.07) is 0.691. The highest BCUT2D eigenvalue weighted by Crippen LogP contribution is 2.34. The molecule has 4 heteroatoms. The van der Waals surface area contributed by atoms with Crippen molar-refractivity contribution in [3.63, 3.8) is 0 Å². The van der Waals surface area contributed by atoms with E-state index in [1.54, 1.807) is 0 Å². The molecule has 0 aromatic carbocycles. The maximum atomic E-state index is 5.36. The fourth-order valence-electron chi connectivity index (χ4n) is 1.47. The van der Waals surface area contributed by atoms with Gasteiger partial charge in [-0.3, -0.25) is 4.90 Å². The van der Waals surface area contributed by atoms with Gasteiger partial charge in [-0.05, 0) is 39.2 Å². The van der Waals surface area contributed by atoms with Crippen molar-refractivity contribution in [3.05, 3.63) is 17.2 Å². The first-order valence-electron chi connectivity index (χ1n) is 4.60. The monoisotopic (exact) mass is 197 g/mol. The fourth-order valence-corrected chi connectivity index (χ4v) is 1.80. The van der Waals surface area contributed by atoms with Crippen LogP contribution in [0.5, 0.6) is 0 Å². The SMILES string of the molecule is CN(C)Cn1ccn(C2CC2)c1=S. The summed E-state index contributed by atoms with van der Waals surface area (Å²) in [5.74, 6) is 0. The number of rotatable bonds is 3. The molecule has 72 valence electrons. The second-order valence-corrected chi connectivity index (χ2v) is 4.28. The third-order valence-corrected chi connectivity index (χ3v) is 2.69. The Morgan fingerprint density at radius 3 is 2.69 bits per heavy atom. The summed E-state index contributed by atoms with van der Waals surface area (Å²) in [4.78, 5) is 2.12. The van der Waals surface area contributed by atoms with Crippen molar-refractivity contribution in [2.24, 2.45) is 0 Å². The maximum absolute atomic E-state index is 5.36. The third-order valence-electron chi connectivity index (χ3n) is 2.25. The summed E-state index contributed by atoms with van der Waals surface area (Å²) < 4.78 is 5.27. The molecule has 0 radical (unpaired) electrons. The summed E-state index contributed by atoms with van der Waals surface area (Å²) in [5.41, 5.74) is 0. The summed E-state index contributed by atoms with van der Waals surface area (Å²) in [6.45, 7) is 0.874. The molecule has 0 N–H and O–H groups in total. The highest BCUT2D eigenvalue weighted by Gasteiger charge is 2.24. The van der Waals surface area contributed by atoms with Crippen molar-refractivity contribution in [3.8, 4) is 0 Å². The molecule has 1 heterocycles. The van der Waals surface area contributed by atoms with Crippen LogP contribution < -0.4 is 0 Å². The van der Waals surface area contributed by atoms with E-state index < -0.39 is 0 Å². The summed E-state index contributed by atoms with van der Waals surface area (Å²) in [7, 11) is 4.10. The van der Waals surface area contributed by atoms with Crippen molar-refractivity contribution in [2.75, 3.05) is 14.1 Å². The van der Waals surface area contributed by atoms with Crippen LogP contribution >= 0.6 is 12.2 Å². The summed E-state index contributed by atoms with van der Waals surface area (Å²) in [5, 5.41) is 0. The Hall–Kier alpha value is -0.610. The topological polar surface area (TPSA) is 13.1 Å². The van der Waals surface area contributed by atoms with E-state index in [1.807, 2.05) is 0 Å². The van der Waals surface area contributed by atoms with Gasteiger partial charge in [0, 0.05) is 18.4 Å². The zero-order valence-corrected chi connectivity index (χ0v) is 8.92. The van der Waals surface area contributed by atoms with E-state index in [9.17, 15) is 0 Å². The molecule has 3 nitrogen and oxygen atoms in total. The van der Waals surface area contributed by atoms with E-state index in [2.05, 4.69) is 40.5 Å².